The number of carbonyl (C=O) groups is 2. The largest absolute Gasteiger partial charge is 0.465 e. The summed E-state index contributed by atoms with van der Waals surface area (Å²) in [6.07, 6.45) is -7.59. The van der Waals surface area contributed by atoms with Crippen LogP contribution in [0.4, 0.5) is 57.1 Å². The molecule has 0 saturated carbocycles. The van der Waals surface area contributed by atoms with Gasteiger partial charge in [-0.3, -0.25) is 4.90 Å². The van der Waals surface area contributed by atoms with Crippen LogP contribution in [0.5, 0.6) is 0 Å². The molecule has 3 rings (SSSR count). The molecule has 0 spiro atoms. The average Bonchev–Trinajstić information content (AvgIpc) is 3.33. The summed E-state index contributed by atoms with van der Waals surface area (Å²) >= 11 is 0. The summed E-state index contributed by atoms with van der Waals surface area (Å²) in [5, 5.41) is 0. The zero-order valence-electron chi connectivity index (χ0n) is 21.6. The first-order valence-corrected chi connectivity index (χ1v) is 11.6. The molecule has 5 nitrogen and oxygen atoms in total. The van der Waals surface area contributed by atoms with Gasteiger partial charge >= 0.3 is 47.7 Å². The highest BCUT2D eigenvalue weighted by Gasteiger charge is 2.91. The lowest BCUT2D eigenvalue weighted by atomic mass is 9.84. The molecule has 0 amide bonds. The number of hydrogen-bond donors (Lipinski definition) is 0. The fourth-order valence-electron chi connectivity index (χ4n) is 4.40. The number of alkyl halides is 13. The predicted octanol–water partition coefficient (Wildman–Crippen LogP) is 6.97. The number of hydrogen-bond acceptors (Lipinski definition) is 5. The third-order valence-electron chi connectivity index (χ3n) is 6.63. The van der Waals surface area contributed by atoms with Gasteiger partial charge in [-0.05, 0) is 22.8 Å². The third kappa shape index (κ3) is 5.16. The first-order valence-electron chi connectivity index (χ1n) is 11.6. The highest BCUT2D eigenvalue weighted by molar-refractivity contribution is 5.98. The Morgan fingerprint density at radius 2 is 1.19 bits per heavy atom. The minimum Gasteiger partial charge on any atom is -0.465 e. The molecule has 0 aliphatic carbocycles. The van der Waals surface area contributed by atoms with Gasteiger partial charge < -0.3 is 9.47 Å². The zero-order valence-corrected chi connectivity index (χ0v) is 21.6. The Morgan fingerprint density at radius 3 is 1.67 bits per heavy atom. The first kappa shape index (κ1) is 33.9. The Balaban J connectivity index is 2.29. The second-order valence-corrected chi connectivity index (χ2v) is 9.29. The number of fused-ring (bicyclic) bond motifs is 1. The molecule has 1 heterocycles. The molecule has 2 aromatic carbocycles. The van der Waals surface area contributed by atoms with Crippen LogP contribution in [-0.4, -0.2) is 60.9 Å². The molecule has 0 unspecified atom stereocenters. The van der Waals surface area contributed by atoms with E-state index in [9.17, 15) is 57.9 Å². The smallest absolute Gasteiger partial charge is 0.460 e. The van der Waals surface area contributed by atoms with Gasteiger partial charge in [-0.25, -0.2) is 9.59 Å². The van der Waals surface area contributed by atoms with Crippen LogP contribution in [0.3, 0.4) is 0 Å². The second kappa shape index (κ2) is 10.9. The fraction of sp³-hybridized carbons (Fsp3) is 0.440. The van der Waals surface area contributed by atoms with E-state index in [0.717, 1.165) is 0 Å². The zero-order chi connectivity index (χ0) is 33.0. The Labute approximate surface area is 233 Å². The van der Waals surface area contributed by atoms with E-state index in [1.54, 1.807) is 30.3 Å². The topological polar surface area (TPSA) is 55.8 Å². The molecule has 2 aromatic rings. The average molecular weight is 643 g/mol. The molecular weight excluding hydrogens is 625 g/mol. The number of carbonyl (C=O) groups excluding carboxylic acids is 2. The van der Waals surface area contributed by atoms with Crippen LogP contribution in [0.2, 0.25) is 0 Å². The van der Waals surface area contributed by atoms with Crippen molar-refractivity contribution in [3.05, 3.63) is 69.8 Å². The maximum absolute atomic E-state index is 15.4. The van der Waals surface area contributed by atoms with Crippen molar-refractivity contribution in [3.63, 3.8) is 0 Å². The van der Waals surface area contributed by atoms with Gasteiger partial charge in [0.05, 0.1) is 25.3 Å². The van der Waals surface area contributed by atoms with Crippen molar-refractivity contribution < 1.29 is 76.1 Å². The number of nitrogens with zero attached hydrogens (tertiary/aromatic N) is 1. The molecule has 0 aromatic heterocycles. The Bertz CT molecular complexity index is 1390. The number of esters is 2. The fourth-order valence-corrected chi connectivity index (χ4v) is 4.40. The lowest BCUT2D eigenvalue weighted by Crippen LogP contribution is -2.69. The summed E-state index contributed by atoms with van der Waals surface area (Å²) < 4.78 is 190. The summed E-state index contributed by atoms with van der Waals surface area (Å²) in [4.78, 5) is 26.4. The Morgan fingerprint density at radius 1 is 0.698 bits per heavy atom. The monoisotopic (exact) mass is 643 g/mol. The molecule has 238 valence electrons. The van der Waals surface area contributed by atoms with E-state index >= 15 is 8.78 Å². The summed E-state index contributed by atoms with van der Waals surface area (Å²) in [6, 6.07) is 7.71. The van der Waals surface area contributed by atoms with Crippen molar-refractivity contribution in [2.75, 3.05) is 14.2 Å². The SMILES string of the molecule is COC(=O)c1cc(C(F)(F)C(F)(F)C(F)(F)C(F)(F)C(F)(F)C(F)(F)F)c(C(=O)OC)c2c1CN(Cc1ccccc1)C2. The molecular formula is C25H18F13NO4. The molecule has 0 fully saturated rings. The van der Waals surface area contributed by atoms with E-state index in [0.29, 0.717) is 19.8 Å². The molecule has 18 heteroatoms. The number of benzene rings is 2. The Kier molecular flexibility index (Phi) is 8.56. The van der Waals surface area contributed by atoms with Gasteiger partial charge in [0.2, 0.25) is 0 Å². The van der Waals surface area contributed by atoms with Crippen molar-refractivity contribution in [2.45, 2.75) is 55.4 Å². The molecule has 0 radical (unpaired) electrons. The predicted molar refractivity (Wildman–Crippen MR) is 118 cm³/mol. The Hall–Kier alpha value is -3.57. The van der Waals surface area contributed by atoms with Gasteiger partial charge in [0, 0.05) is 25.2 Å². The summed E-state index contributed by atoms with van der Waals surface area (Å²) in [7, 11) is 1.20. The standard InChI is InChI=1S/C25H18F13NO4/c1-42-18(40)13-8-16(20(26,27)21(28,29)22(30,31)23(32,33)24(34,35)25(36,37)38)17(19(41)43-2)15-11-39(10-14(13)15)9-12-6-4-3-5-7-12/h3-8H,9-11H2,1-2H3. The minimum absolute atomic E-state index is 0.0323. The number of ether oxygens (including phenoxy) is 2. The van der Waals surface area contributed by atoms with Crippen molar-refractivity contribution >= 4 is 11.9 Å². The maximum atomic E-state index is 15.4. The highest BCUT2D eigenvalue weighted by atomic mass is 19.4. The van der Waals surface area contributed by atoms with E-state index < -0.39 is 76.5 Å². The quantitative estimate of drug-likeness (QED) is 0.218. The van der Waals surface area contributed by atoms with Gasteiger partial charge in [0.15, 0.2) is 0 Å². The second-order valence-electron chi connectivity index (χ2n) is 9.29. The summed E-state index contributed by atoms with van der Waals surface area (Å²) in [5.74, 6) is -42.2. The van der Waals surface area contributed by atoms with E-state index in [1.807, 2.05) is 0 Å². The van der Waals surface area contributed by atoms with Crippen molar-refractivity contribution in [3.8, 4) is 0 Å². The van der Waals surface area contributed by atoms with Gasteiger partial charge in [-0.1, -0.05) is 30.3 Å². The van der Waals surface area contributed by atoms with E-state index in [1.165, 1.54) is 4.90 Å². The van der Waals surface area contributed by atoms with Gasteiger partial charge in [0.25, 0.3) is 0 Å². The third-order valence-corrected chi connectivity index (χ3v) is 6.63. The van der Waals surface area contributed by atoms with Crippen LogP contribution >= 0.6 is 0 Å². The van der Waals surface area contributed by atoms with Crippen molar-refractivity contribution in [2.24, 2.45) is 0 Å². The summed E-state index contributed by atoms with van der Waals surface area (Å²) in [6.45, 7) is -1.03. The first-order chi connectivity index (χ1) is 19.5. The van der Waals surface area contributed by atoms with Crippen molar-refractivity contribution in [1.29, 1.82) is 0 Å². The van der Waals surface area contributed by atoms with Crippen LogP contribution in [0.25, 0.3) is 0 Å². The van der Waals surface area contributed by atoms with Gasteiger partial charge in [-0.15, -0.1) is 0 Å². The number of halogens is 13. The van der Waals surface area contributed by atoms with Crippen LogP contribution < -0.4 is 0 Å². The van der Waals surface area contributed by atoms with E-state index in [2.05, 4.69) is 9.47 Å². The van der Waals surface area contributed by atoms with Crippen LogP contribution in [-0.2, 0) is 35.0 Å². The maximum Gasteiger partial charge on any atom is 0.460 e. The molecule has 43 heavy (non-hydrogen) atoms. The molecule has 1 aliphatic rings. The van der Waals surface area contributed by atoms with Crippen LogP contribution in [0.15, 0.2) is 36.4 Å². The minimum atomic E-state index is -8.15. The number of rotatable bonds is 9. The summed E-state index contributed by atoms with van der Waals surface area (Å²) in [5.41, 5.74) is -5.72. The molecule has 0 saturated heterocycles. The van der Waals surface area contributed by atoms with Gasteiger partial charge in [-0.2, -0.15) is 57.1 Å². The highest BCUT2D eigenvalue weighted by Crippen LogP contribution is 2.62. The van der Waals surface area contributed by atoms with Crippen molar-refractivity contribution in [1.82, 2.24) is 4.90 Å². The molecule has 0 bridgehead atoms. The van der Waals surface area contributed by atoms with E-state index in [-0.39, 0.29) is 24.7 Å². The van der Waals surface area contributed by atoms with Crippen LogP contribution in [0, 0.1) is 0 Å². The lowest BCUT2D eigenvalue weighted by Gasteiger charge is -2.40. The normalized spacial score (nSPS) is 15.3. The molecule has 0 atom stereocenters. The molecule has 1 aliphatic heterocycles. The lowest BCUT2D eigenvalue weighted by molar-refractivity contribution is -0.441. The van der Waals surface area contributed by atoms with E-state index in [4.69, 9.17) is 0 Å². The van der Waals surface area contributed by atoms with Crippen LogP contribution in [0.1, 0.15) is 43.0 Å². The number of methoxy groups -OCH3 is 2. The molecule has 0 N–H and O–H groups in total. The van der Waals surface area contributed by atoms with Gasteiger partial charge in [0.1, 0.15) is 0 Å².